The van der Waals surface area contributed by atoms with Crippen LogP contribution in [0, 0.1) is 0 Å². The standard InChI is InChI=1S/C16H15F3N4O2/c17-16(18,19)13-6-8-22(21-13)10-14(24)20-11-3-1-4-12(9-11)23-7-2-5-15(23)25/h1,3-4,6,8-9H,2,5,7,10H2,(H,20,24). The van der Waals surface area contributed by atoms with Gasteiger partial charge < -0.3 is 10.2 Å². The molecule has 0 aliphatic carbocycles. The number of nitrogens with zero attached hydrogens (tertiary/aromatic N) is 3. The maximum absolute atomic E-state index is 12.5. The summed E-state index contributed by atoms with van der Waals surface area (Å²) in [6, 6.07) is 7.58. The number of hydrogen-bond donors (Lipinski definition) is 1. The Bertz CT molecular complexity index is 801. The fraction of sp³-hybridized carbons (Fsp3) is 0.312. The Morgan fingerprint density at radius 1 is 1.28 bits per heavy atom. The summed E-state index contributed by atoms with van der Waals surface area (Å²) in [7, 11) is 0. The van der Waals surface area contributed by atoms with Crippen LogP contribution >= 0.6 is 0 Å². The van der Waals surface area contributed by atoms with Crippen LogP contribution in [0.5, 0.6) is 0 Å². The van der Waals surface area contributed by atoms with Crippen molar-refractivity contribution < 1.29 is 22.8 Å². The molecule has 132 valence electrons. The SMILES string of the molecule is O=C(Cn1ccc(C(F)(F)F)n1)Nc1cccc(N2CCCC2=O)c1. The van der Waals surface area contributed by atoms with E-state index in [0.717, 1.165) is 23.4 Å². The number of alkyl halides is 3. The molecule has 0 saturated carbocycles. The predicted octanol–water partition coefficient (Wildman–Crippen LogP) is 2.67. The lowest BCUT2D eigenvalue weighted by Crippen LogP contribution is -2.24. The largest absolute Gasteiger partial charge is 0.435 e. The molecule has 1 aromatic heterocycles. The average molecular weight is 352 g/mol. The molecule has 2 amide bonds. The first-order chi connectivity index (χ1) is 11.8. The summed E-state index contributed by atoms with van der Waals surface area (Å²) in [6.45, 7) is 0.284. The Balaban J connectivity index is 1.65. The summed E-state index contributed by atoms with van der Waals surface area (Å²) in [6.07, 6.45) is -2.16. The monoisotopic (exact) mass is 352 g/mol. The lowest BCUT2D eigenvalue weighted by Gasteiger charge is -2.16. The van der Waals surface area contributed by atoms with Crippen molar-refractivity contribution in [2.45, 2.75) is 25.6 Å². The number of benzene rings is 1. The molecule has 2 heterocycles. The molecule has 0 radical (unpaired) electrons. The van der Waals surface area contributed by atoms with Crippen molar-refractivity contribution in [1.82, 2.24) is 9.78 Å². The van der Waals surface area contributed by atoms with Gasteiger partial charge in [-0.1, -0.05) is 6.07 Å². The zero-order valence-corrected chi connectivity index (χ0v) is 13.1. The number of carbonyl (C=O) groups is 2. The van der Waals surface area contributed by atoms with Gasteiger partial charge in [-0.3, -0.25) is 14.3 Å². The second-order valence-corrected chi connectivity index (χ2v) is 5.64. The summed E-state index contributed by atoms with van der Waals surface area (Å²) in [5.74, 6) is -0.485. The van der Waals surface area contributed by atoms with Crippen molar-refractivity contribution in [1.29, 1.82) is 0 Å². The molecule has 1 aliphatic rings. The molecule has 0 bridgehead atoms. The summed E-state index contributed by atoms with van der Waals surface area (Å²) >= 11 is 0. The summed E-state index contributed by atoms with van der Waals surface area (Å²) in [4.78, 5) is 25.4. The number of hydrogen-bond acceptors (Lipinski definition) is 3. The van der Waals surface area contributed by atoms with Crippen molar-refractivity contribution in [3.8, 4) is 0 Å². The molecule has 0 spiro atoms. The van der Waals surface area contributed by atoms with Gasteiger partial charge in [0.25, 0.3) is 0 Å². The van der Waals surface area contributed by atoms with Gasteiger partial charge in [0.2, 0.25) is 11.8 Å². The van der Waals surface area contributed by atoms with E-state index in [9.17, 15) is 22.8 Å². The molecule has 9 heteroatoms. The minimum absolute atomic E-state index is 0.0275. The average Bonchev–Trinajstić information content (AvgIpc) is 3.16. The van der Waals surface area contributed by atoms with Crippen LogP contribution in [0.25, 0.3) is 0 Å². The van der Waals surface area contributed by atoms with E-state index < -0.39 is 17.8 Å². The van der Waals surface area contributed by atoms with E-state index in [0.29, 0.717) is 24.3 Å². The molecule has 1 aliphatic heterocycles. The second kappa shape index (κ2) is 6.58. The summed E-state index contributed by atoms with van der Waals surface area (Å²) in [5.41, 5.74) is 0.0963. The van der Waals surface area contributed by atoms with E-state index in [2.05, 4.69) is 10.4 Å². The molecular weight excluding hydrogens is 337 g/mol. The molecule has 1 N–H and O–H groups in total. The van der Waals surface area contributed by atoms with E-state index in [-0.39, 0.29) is 12.5 Å². The number of nitrogens with one attached hydrogen (secondary N) is 1. The van der Waals surface area contributed by atoms with E-state index in [1.807, 2.05) is 0 Å². The van der Waals surface area contributed by atoms with Gasteiger partial charge in [-0.15, -0.1) is 0 Å². The number of amides is 2. The normalized spacial score (nSPS) is 14.8. The van der Waals surface area contributed by atoms with Crippen LogP contribution in [0.3, 0.4) is 0 Å². The van der Waals surface area contributed by atoms with Gasteiger partial charge >= 0.3 is 6.18 Å². The van der Waals surface area contributed by atoms with E-state index in [4.69, 9.17) is 0 Å². The maximum atomic E-state index is 12.5. The number of aromatic nitrogens is 2. The molecule has 2 aromatic rings. The second-order valence-electron chi connectivity index (χ2n) is 5.64. The van der Waals surface area contributed by atoms with Gasteiger partial charge in [-0.2, -0.15) is 18.3 Å². The highest BCUT2D eigenvalue weighted by molar-refractivity contribution is 5.97. The molecule has 3 rings (SSSR count). The molecule has 1 fully saturated rings. The summed E-state index contributed by atoms with van der Waals surface area (Å²) in [5, 5.41) is 5.93. The van der Waals surface area contributed by atoms with Crippen LogP contribution in [-0.2, 0) is 22.3 Å². The van der Waals surface area contributed by atoms with Gasteiger partial charge in [0.1, 0.15) is 6.54 Å². The van der Waals surface area contributed by atoms with Crippen molar-refractivity contribution in [3.63, 3.8) is 0 Å². The highest BCUT2D eigenvalue weighted by atomic mass is 19.4. The van der Waals surface area contributed by atoms with Crippen LogP contribution in [-0.4, -0.2) is 28.1 Å². The fourth-order valence-electron chi connectivity index (χ4n) is 2.62. The van der Waals surface area contributed by atoms with Crippen LogP contribution in [0.1, 0.15) is 18.5 Å². The van der Waals surface area contributed by atoms with Crippen LogP contribution < -0.4 is 10.2 Å². The van der Waals surface area contributed by atoms with Crippen molar-refractivity contribution in [3.05, 3.63) is 42.2 Å². The van der Waals surface area contributed by atoms with Gasteiger partial charge in [-0.25, -0.2) is 0 Å². The zero-order chi connectivity index (χ0) is 18.0. The molecular formula is C16H15F3N4O2. The highest BCUT2D eigenvalue weighted by Gasteiger charge is 2.33. The van der Waals surface area contributed by atoms with E-state index in [1.54, 1.807) is 29.2 Å². The Labute approximate surface area is 141 Å². The quantitative estimate of drug-likeness (QED) is 0.920. The van der Waals surface area contributed by atoms with Gasteiger partial charge in [0, 0.05) is 30.5 Å². The third-order valence-electron chi connectivity index (χ3n) is 3.75. The maximum Gasteiger partial charge on any atom is 0.435 e. The van der Waals surface area contributed by atoms with Gasteiger partial charge in [0.05, 0.1) is 0 Å². The predicted molar refractivity (Wildman–Crippen MR) is 83.9 cm³/mol. The molecule has 6 nitrogen and oxygen atoms in total. The third-order valence-corrected chi connectivity index (χ3v) is 3.75. The number of halogens is 3. The molecule has 0 atom stereocenters. The fourth-order valence-corrected chi connectivity index (χ4v) is 2.62. The van der Waals surface area contributed by atoms with Crippen LogP contribution in [0.15, 0.2) is 36.5 Å². The Kier molecular flexibility index (Phi) is 4.47. The number of rotatable bonds is 4. The Hall–Kier alpha value is -2.84. The summed E-state index contributed by atoms with van der Waals surface area (Å²) < 4.78 is 38.4. The Morgan fingerprint density at radius 2 is 2.08 bits per heavy atom. The third kappa shape index (κ3) is 3.98. The topological polar surface area (TPSA) is 67.2 Å². The minimum Gasteiger partial charge on any atom is -0.324 e. The van der Waals surface area contributed by atoms with E-state index in [1.165, 1.54) is 0 Å². The first-order valence-electron chi connectivity index (χ1n) is 7.64. The molecule has 1 aromatic carbocycles. The lowest BCUT2D eigenvalue weighted by molar-refractivity contribution is -0.141. The van der Waals surface area contributed by atoms with E-state index >= 15 is 0 Å². The number of carbonyl (C=O) groups excluding carboxylic acids is 2. The van der Waals surface area contributed by atoms with Crippen LogP contribution in [0.4, 0.5) is 24.5 Å². The molecule has 0 unspecified atom stereocenters. The first-order valence-corrected chi connectivity index (χ1v) is 7.64. The van der Waals surface area contributed by atoms with Gasteiger partial charge in [-0.05, 0) is 30.7 Å². The molecule has 25 heavy (non-hydrogen) atoms. The van der Waals surface area contributed by atoms with Crippen molar-refractivity contribution >= 4 is 23.2 Å². The minimum atomic E-state index is -4.54. The lowest BCUT2D eigenvalue weighted by atomic mass is 10.2. The van der Waals surface area contributed by atoms with Gasteiger partial charge in [0.15, 0.2) is 5.69 Å². The zero-order valence-electron chi connectivity index (χ0n) is 13.1. The molecule has 1 saturated heterocycles. The van der Waals surface area contributed by atoms with Crippen molar-refractivity contribution in [2.24, 2.45) is 0 Å². The number of anilines is 2. The first kappa shape index (κ1) is 17.0. The highest BCUT2D eigenvalue weighted by Crippen LogP contribution is 2.27. The smallest absolute Gasteiger partial charge is 0.324 e. The van der Waals surface area contributed by atoms with Crippen molar-refractivity contribution in [2.75, 3.05) is 16.8 Å². The Morgan fingerprint density at radius 3 is 2.72 bits per heavy atom. The van der Waals surface area contributed by atoms with Crippen LogP contribution in [0.2, 0.25) is 0 Å².